The van der Waals surface area contributed by atoms with Crippen LogP contribution >= 0.6 is 27.5 Å². The molecule has 1 aliphatic heterocycles. The molecule has 162 valence electrons. The lowest BCUT2D eigenvalue weighted by molar-refractivity contribution is -0.121. The summed E-state index contributed by atoms with van der Waals surface area (Å²) in [7, 11) is 1.56. The topological polar surface area (TPSA) is 80.5 Å². The van der Waals surface area contributed by atoms with Crippen molar-refractivity contribution in [1.82, 2.24) is 15.0 Å². The van der Waals surface area contributed by atoms with Crippen LogP contribution in [0, 0.1) is 5.92 Å². The highest BCUT2D eigenvalue weighted by Gasteiger charge is 2.27. The van der Waals surface area contributed by atoms with Crippen LogP contribution in [-0.4, -0.2) is 41.1 Å². The summed E-state index contributed by atoms with van der Waals surface area (Å²) in [5, 5.41) is 7.58. The van der Waals surface area contributed by atoms with Gasteiger partial charge in [-0.3, -0.25) is 9.69 Å². The Balaban J connectivity index is 1.38. The number of rotatable bonds is 6. The number of ether oxygens (including phenoxy) is 1. The second-order valence-electron chi connectivity index (χ2n) is 7.43. The molecule has 4 rings (SSSR count). The minimum absolute atomic E-state index is 0.0497. The number of halogens is 2. The van der Waals surface area contributed by atoms with E-state index in [1.807, 2.05) is 24.3 Å². The monoisotopic (exact) mass is 504 g/mol. The number of likely N-dealkylation sites (tertiary alicyclic amines) is 1. The first-order chi connectivity index (χ1) is 15.0. The second-order valence-corrected chi connectivity index (χ2v) is 8.78. The Labute approximate surface area is 193 Å². The summed E-state index contributed by atoms with van der Waals surface area (Å²) in [6, 6.07) is 12.9. The first-order valence-electron chi connectivity index (χ1n) is 9.97. The van der Waals surface area contributed by atoms with Gasteiger partial charge in [0.25, 0.3) is 0 Å². The Bertz CT molecular complexity index is 1060. The Kier molecular flexibility index (Phi) is 6.89. The van der Waals surface area contributed by atoms with Crippen molar-refractivity contribution in [3.8, 4) is 17.1 Å². The van der Waals surface area contributed by atoms with Crippen molar-refractivity contribution in [1.29, 1.82) is 0 Å². The van der Waals surface area contributed by atoms with Gasteiger partial charge >= 0.3 is 0 Å². The van der Waals surface area contributed by atoms with Gasteiger partial charge in [-0.2, -0.15) is 4.98 Å². The van der Waals surface area contributed by atoms with Crippen molar-refractivity contribution in [2.45, 2.75) is 19.4 Å². The Morgan fingerprint density at radius 3 is 2.90 bits per heavy atom. The van der Waals surface area contributed by atoms with E-state index >= 15 is 0 Å². The average Bonchev–Trinajstić information content (AvgIpc) is 3.23. The maximum Gasteiger partial charge on any atom is 0.241 e. The summed E-state index contributed by atoms with van der Waals surface area (Å²) in [5.41, 5.74) is 1.47. The molecular weight excluding hydrogens is 484 g/mol. The fraction of sp³-hybridized carbons (Fsp3) is 0.318. The number of hydrogen-bond acceptors (Lipinski definition) is 6. The van der Waals surface area contributed by atoms with Gasteiger partial charge in [-0.15, -0.1) is 0 Å². The highest BCUT2D eigenvalue weighted by molar-refractivity contribution is 9.10. The van der Waals surface area contributed by atoms with Crippen LogP contribution in [-0.2, 0) is 11.3 Å². The molecule has 0 spiro atoms. The number of hydrogen-bond donors (Lipinski definition) is 1. The van der Waals surface area contributed by atoms with Gasteiger partial charge in [0.05, 0.1) is 25.3 Å². The number of anilines is 1. The van der Waals surface area contributed by atoms with Gasteiger partial charge in [-0.05, 0) is 61.9 Å². The first-order valence-corrected chi connectivity index (χ1v) is 11.1. The molecule has 3 aromatic rings. The van der Waals surface area contributed by atoms with E-state index in [1.54, 1.807) is 25.3 Å². The average molecular weight is 506 g/mol. The van der Waals surface area contributed by atoms with Crippen LogP contribution in [0.15, 0.2) is 51.5 Å². The van der Waals surface area contributed by atoms with Crippen molar-refractivity contribution in [2.24, 2.45) is 5.92 Å². The standard InChI is InChI=1S/C22H22BrClN4O3/c1-30-19-9-8-17(24)11-18(19)25-22(29)15-3-2-10-28(12-15)13-20-26-21(27-31-20)14-4-6-16(23)7-5-14/h4-9,11,15H,2-3,10,12-13H2,1H3,(H,25,29). The van der Waals surface area contributed by atoms with Gasteiger partial charge in [0.2, 0.25) is 17.6 Å². The van der Waals surface area contributed by atoms with Crippen LogP contribution in [0.1, 0.15) is 18.7 Å². The van der Waals surface area contributed by atoms with Crippen LogP contribution in [0.3, 0.4) is 0 Å². The molecule has 1 amide bonds. The zero-order valence-electron chi connectivity index (χ0n) is 17.0. The van der Waals surface area contributed by atoms with Gasteiger partial charge in [0.15, 0.2) is 0 Å². The van der Waals surface area contributed by atoms with Crippen LogP contribution in [0.2, 0.25) is 5.02 Å². The number of benzene rings is 2. The molecule has 0 aliphatic carbocycles. The van der Waals surface area contributed by atoms with Gasteiger partial charge < -0.3 is 14.6 Å². The molecule has 1 aliphatic rings. The molecule has 1 atom stereocenters. The highest BCUT2D eigenvalue weighted by Crippen LogP contribution is 2.29. The number of amides is 1. The summed E-state index contributed by atoms with van der Waals surface area (Å²) in [6.07, 6.45) is 1.73. The Morgan fingerprint density at radius 1 is 1.32 bits per heavy atom. The molecule has 1 aromatic heterocycles. The third-order valence-electron chi connectivity index (χ3n) is 5.23. The lowest BCUT2D eigenvalue weighted by Crippen LogP contribution is -2.40. The van der Waals surface area contributed by atoms with E-state index in [0.29, 0.717) is 41.3 Å². The van der Waals surface area contributed by atoms with E-state index in [4.69, 9.17) is 20.9 Å². The zero-order valence-corrected chi connectivity index (χ0v) is 19.3. The van der Waals surface area contributed by atoms with Crippen molar-refractivity contribution in [3.63, 3.8) is 0 Å². The number of piperidine rings is 1. The molecule has 1 unspecified atom stereocenters. The van der Waals surface area contributed by atoms with Gasteiger partial charge in [0.1, 0.15) is 5.75 Å². The van der Waals surface area contributed by atoms with Crippen LogP contribution in [0.4, 0.5) is 5.69 Å². The highest BCUT2D eigenvalue weighted by atomic mass is 79.9. The SMILES string of the molecule is COc1ccc(Cl)cc1NC(=O)C1CCCN(Cc2nc(-c3ccc(Br)cc3)no2)C1. The maximum atomic E-state index is 12.9. The lowest BCUT2D eigenvalue weighted by atomic mass is 9.97. The van der Waals surface area contributed by atoms with Crippen molar-refractivity contribution in [2.75, 3.05) is 25.5 Å². The smallest absolute Gasteiger partial charge is 0.241 e. The van der Waals surface area contributed by atoms with E-state index in [1.165, 1.54) is 0 Å². The summed E-state index contributed by atoms with van der Waals surface area (Å²) >= 11 is 9.49. The van der Waals surface area contributed by atoms with Gasteiger partial charge in [0, 0.05) is 21.6 Å². The molecule has 7 nitrogen and oxygen atoms in total. The largest absolute Gasteiger partial charge is 0.495 e. The second kappa shape index (κ2) is 9.80. The number of methoxy groups -OCH3 is 1. The van der Waals surface area contributed by atoms with Gasteiger partial charge in [-0.1, -0.05) is 32.7 Å². The number of carbonyl (C=O) groups excluding carboxylic acids is 1. The lowest BCUT2D eigenvalue weighted by Gasteiger charge is -2.31. The predicted octanol–water partition coefficient (Wildman–Crippen LogP) is 5.01. The summed E-state index contributed by atoms with van der Waals surface area (Å²) in [6.45, 7) is 2.00. The molecule has 0 radical (unpaired) electrons. The minimum atomic E-state index is -0.147. The quantitative estimate of drug-likeness (QED) is 0.507. The number of carbonyl (C=O) groups is 1. The third-order valence-corrected chi connectivity index (χ3v) is 5.99. The number of aromatic nitrogens is 2. The molecule has 1 saturated heterocycles. The van der Waals surface area contributed by atoms with E-state index in [2.05, 4.69) is 36.3 Å². The molecule has 31 heavy (non-hydrogen) atoms. The van der Waals surface area contributed by atoms with Crippen molar-refractivity contribution in [3.05, 3.63) is 57.9 Å². The Hall–Kier alpha value is -2.42. The molecule has 9 heteroatoms. The number of nitrogens with one attached hydrogen (secondary N) is 1. The zero-order chi connectivity index (χ0) is 21.8. The van der Waals surface area contributed by atoms with Crippen LogP contribution < -0.4 is 10.1 Å². The Morgan fingerprint density at radius 2 is 2.13 bits per heavy atom. The first kappa shape index (κ1) is 21.8. The molecule has 1 fully saturated rings. The van der Waals surface area contributed by atoms with Gasteiger partial charge in [-0.25, -0.2) is 0 Å². The van der Waals surface area contributed by atoms with E-state index in [0.717, 1.165) is 29.4 Å². The van der Waals surface area contributed by atoms with Crippen molar-refractivity contribution < 1.29 is 14.1 Å². The fourth-order valence-corrected chi connectivity index (χ4v) is 4.09. The minimum Gasteiger partial charge on any atom is -0.495 e. The normalized spacial score (nSPS) is 16.8. The molecule has 1 N–H and O–H groups in total. The fourth-order valence-electron chi connectivity index (χ4n) is 3.65. The molecule has 0 saturated carbocycles. The van der Waals surface area contributed by atoms with Crippen LogP contribution in [0.25, 0.3) is 11.4 Å². The van der Waals surface area contributed by atoms with Crippen LogP contribution in [0.5, 0.6) is 5.75 Å². The van der Waals surface area contributed by atoms with E-state index < -0.39 is 0 Å². The molecule has 0 bridgehead atoms. The summed E-state index contributed by atoms with van der Waals surface area (Å²) < 4.78 is 11.8. The van der Waals surface area contributed by atoms with E-state index in [9.17, 15) is 4.79 Å². The third kappa shape index (κ3) is 5.44. The summed E-state index contributed by atoms with van der Waals surface area (Å²) in [4.78, 5) is 19.5. The summed E-state index contributed by atoms with van der Waals surface area (Å²) in [5.74, 6) is 1.48. The number of nitrogens with zero attached hydrogens (tertiary/aromatic N) is 3. The maximum absolute atomic E-state index is 12.9. The molecular formula is C22H22BrClN4O3. The molecule has 2 aromatic carbocycles. The van der Waals surface area contributed by atoms with Crippen molar-refractivity contribution >= 4 is 39.1 Å². The molecule has 2 heterocycles. The predicted molar refractivity (Wildman–Crippen MR) is 122 cm³/mol. The van der Waals surface area contributed by atoms with E-state index in [-0.39, 0.29) is 11.8 Å².